The number of carbonyl (C=O) groups is 1. The Bertz CT molecular complexity index is 1350. The largest absolute Gasteiger partial charge is 0.494 e. The van der Waals surface area contributed by atoms with E-state index in [0.717, 1.165) is 22.3 Å². The fourth-order valence-electron chi connectivity index (χ4n) is 5.76. The highest BCUT2D eigenvalue weighted by Gasteiger charge is 2.51. The molecule has 0 aromatic heterocycles. The molecule has 1 saturated carbocycles. The number of anilines is 1. The van der Waals surface area contributed by atoms with Crippen molar-refractivity contribution in [3.63, 3.8) is 0 Å². The maximum Gasteiger partial charge on any atom is 0.494 e. The summed E-state index contributed by atoms with van der Waals surface area (Å²) in [5.41, 5.74) is 5.18. The van der Waals surface area contributed by atoms with Crippen molar-refractivity contribution in [2.45, 2.75) is 96.3 Å². The second-order valence-electron chi connectivity index (χ2n) is 12.5. The van der Waals surface area contributed by atoms with Gasteiger partial charge >= 0.3 is 7.12 Å². The molecule has 0 atom stereocenters. The molecule has 5 rings (SSSR count). The Hall–Kier alpha value is -3.40. The van der Waals surface area contributed by atoms with Crippen LogP contribution in [-0.4, -0.2) is 24.2 Å². The second kappa shape index (κ2) is 12.2. The number of carbonyl (C=O) groups excluding carboxylic acids is 1. The van der Waals surface area contributed by atoms with Crippen LogP contribution in [0.1, 0.15) is 94.4 Å². The number of hydrogen-bond acceptors (Lipinski definition) is 4. The van der Waals surface area contributed by atoms with Crippen LogP contribution in [0.4, 0.5) is 5.69 Å². The topological polar surface area (TPSA) is 62.6 Å². The van der Waals surface area contributed by atoms with Gasteiger partial charge in [0.05, 0.1) is 29.4 Å². The maximum atomic E-state index is 13.7. The minimum atomic E-state index is -0.443. The summed E-state index contributed by atoms with van der Waals surface area (Å²) in [6, 6.07) is 26.5. The van der Waals surface area contributed by atoms with Crippen molar-refractivity contribution in [1.29, 1.82) is 5.26 Å². The molecule has 212 valence electrons. The molecule has 41 heavy (non-hydrogen) atoms. The molecular weight excluding hydrogens is 507 g/mol. The van der Waals surface area contributed by atoms with Crippen LogP contribution in [0.3, 0.4) is 0 Å². The fourth-order valence-corrected chi connectivity index (χ4v) is 5.76. The van der Waals surface area contributed by atoms with E-state index < -0.39 is 18.3 Å². The minimum Gasteiger partial charge on any atom is -0.399 e. The summed E-state index contributed by atoms with van der Waals surface area (Å²) in [5.74, 6) is 0.722. The molecule has 0 N–H and O–H groups in total. The first-order valence-electron chi connectivity index (χ1n) is 15.0. The highest BCUT2D eigenvalue weighted by Crippen LogP contribution is 2.37. The van der Waals surface area contributed by atoms with Crippen molar-refractivity contribution in [3.8, 4) is 6.07 Å². The molecule has 1 aliphatic carbocycles. The van der Waals surface area contributed by atoms with Gasteiger partial charge in [-0.25, -0.2) is 0 Å². The van der Waals surface area contributed by atoms with E-state index in [1.807, 2.05) is 41.3 Å². The predicted octanol–water partition coefficient (Wildman–Crippen LogP) is 7.07. The molecule has 3 aromatic carbocycles. The van der Waals surface area contributed by atoms with Crippen LogP contribution in [-0.2, 0) is 27.1 Å². The Balaban J connectivity index is 1.34. The van der Waals surface area contributed by atoms with Gasteiger partial charge in [-0.1, -0.05) is 67.8 Å². The molecule has 1 amide bonds. The van der Waals surface area contributed by atoms with Crippen molar-refractivity contribution < 1.29 is 14.1 Å². The van der Waals surface area contributed by atoms with E-state index in [0.29, 0.717) is 30.9 Å². The Labute approximate surface area is 245 Å². The highest BCUT2D eigenvalue weighted by molar-refractivity contribution is 6.62. The average Bonchev–Trinajstić information content (AvgIpc) is 3.22. The van der Waals surface area contributed by atoms with Gasteiger partial charge in [0.1, 0.15) is 0 Å². The van der Waals surface area contributed by atoms with Gasteiger partial charge in [0, 0.05) is 12.1 Å². The third-order valence-corrected chi connectivity index (χ3v) is 9.14. The van der Waals surface area contributed by atoms with E-state index in [2.05, 4.69) is 58.0 Å². The van der Waals surface area contributed by atoms with Crippen molar-refractivity contribution >= 4 is 24.2 Å². The van der Waals surface area contributed by atoms with Crippen LogP contribution in [0, 0.1) is 11.3 Å². The van der Waals surface area contributed by atoms with E-state index in [1.54, 1.807) is 12.1 Å². The lowest BCUT2D eigenvalue weighted by Gasteiger charge is -2.32. The van der Waals surface area contributed by atoms with Crippen LogP contribution in [0.2, 0.25) is 0 Å². The first-order chi connectivity index (χ1) is 19.6. The van der Waals surface area contributed by atoms with Crippen molar-refractivity contribution in [1.82, 2.24) is 0 Å². The summed E-state index contributed by atoms with van der Waals surface area (Å²) >= 11 is 0. The monoisotopic (exact) mass is 548 g/mol. The van der Waals surface area contributed by atoms with E-state index in [4.69, 9.17) is 14.6 Å². The van der Waals surface area contributed by atoms with Crippen LogP contribution in [0.25, 0.3) is 0 Å². The summed E-state index contributed by atoms with van der Waals surface area (Å²) in [6.07, 6.45) is 7.52. The standard InChI is InChI=1S/C35H41BN2O3/c1-34(2)35(3,4)41-36(40-34)31-19-21-32(22-20-31)38(33(39)23-16-26-10-12-27(24-37)13-11-26)25-28-14-17-30(18-15-28)29-8-6-5-7-9-29/h10-15,17-22,29H,5-9,16,23,25H2,1-4H3. The Kier molecular flexibility index (Phi) is 8.68. The number of nitriles is 1. The van der Waals surface area contributed by atoms with E-state index in [9.17, 15) is 4.79 Å². The zero-order valence-electron chi connectivity index (χ0n) is 24.9. The SMILES string of the molecule is CC1(C)OB(c2ccc(N(Cc3ccc(C4CCCCC4)cc3)C(=O)CCc3ccc(C#N)cc3)cc2)OC1(C)C. The highest BCUT2D eigenvalue weighted by atomic mass is 16.7. The Morgan fingerprint density at radius 1 is 0.854 bits per heavy atom. The second-order valence-corrected chi connectivity index (χ2v) is 12.5. The summed E-state index contributed by atoms with van der Waals surface area (Å²) in [5, 5.41) is 9.09. The maximum absolute atomic E-state index is 13.7. The smallest absolute Gasteiger partial charge is 0.399 e. The molecule has 2 aliphatic rings. The van der Waals surface area contributed by atoms with Gasteiger partial charge in [-0.05, 0) is 99.3 Å². The van der Waals surface area contributed by atoms with Gasteiger partial charge < -0.3 is 14.2 Å². The number of benzene rings is 3. The van der Waals surface area contributed by atoms with E-state index >= 15 is 0 Å². The van der Waals surface area contributed by atoms with Crippen LogP contribution < -0.4 is 10.4 Å². The normalized spacial score (nSPS) is 18.2. The molecule has 1 aliphatic heterocycles. The number of nitrogens with zero attached hydrogens (tertiary/aromatic N) is 2. The summed E-state index contributed by atoms with van der Waals surface area (Å²) in [7, 11) is -0.443. The van der Waals surface area contributed by atoms with E-state index in [-0.39, 0.29) is 5.91 Å². The lowest BCUT2D eigenvalue weighted by molar-refractivity contribution is -0.118. The molecule has 5 nitrogen and oxygen atoms in total. The third kappa shape index (κ3) is 6.75. The third-order valence-electron chi connectivity index (χ3n) is 9.14. The Morgan fingerprint density at radius 3 is 2.02 bits per heavy atom. The van der Waals surface area contributed by atoms with E-state index in [1.165, 1.54) is 37.7 Å². The first-order valence-corrected chi connectivity index (χ1v) is 15.0. The summed E-state index contributed by atoms with van der Waals surface area (Å²) in [4.78, 5) is 15.6. The Morgan fingerprint density at radius 2 is 1.44 bits per heavy atom. The summed E-state index contributed by atoms with van der Waals surface area (Å²) in [6.45, 7) is 8.71. The van der Waals surface area contributed by atoms with Gasteiger partial charge in [0.15, 0.2) is 0 Å². The average molecular weight is 549 g/mol. The number of amides is 1. The summed E-state index contributed by atoms with van der Waals surface area (Å²) < 4.78 is 12.5. The molecule has 6 heteroatoms. The van der Waals surface area contributed by atoms with Gasteiger partial charge in [-0.2, -0.15) is 5.26 Å². The van der Waals surface area contributed by atoms with Crippen LogP contribution in [0.15, 0.2) is 72.8 Å². The quantitative estimate of drug-likeness (QED) is 0.283. The lowest BCUT2D eigenvalue weighted by atomic mass is 9.79. The van der Waals surface area contributed by atoms with Gasteiger partial charge in [-0.15, -0.1) is 0 Å². The lowest BCUT2D eigenvalue weighted by Crippen LogP contribution is -2.41. The van der Waals surface area contributed by atoms with Gasteiger partial charge in [0.25, 0.3) is 0 Å². The molecule has 0 unspecified atom stereocenters. The zero-order chi connectivity index (χ0) is 29.0. The zero-order valence-corrected chi connectivity index (χ0v) is 24.9. The molecule has 0 radical (unpaired) electrons. The predicted molar refractivity (Wildman–Crippen MR) is 165 cm³/mol. The van der Waals surface area contributed by atoms with Crippen LogP contribution in [0.5, 0.6) is 0 Å². The molecule has 2 fully saturated rings. The number of rotatable bonds is 8. The van der Waals surface area contributed by atoms with Crippen molar-refractivity contribution in [2.75, 3.05) is 4.90 Å². The molecule has 1 heterocycles. The minimum absolute atomic E-state index is 0.0640. The fraction of sp³-hybridized carbons (Fsp3) is 0.429. The van der Waals surface area contributed by atoms with Gasteiger partial charge in [0.2, 0.25) is 5.91 Å². The molecule has 0 bridgehead atoms. The molecule has 1 saturated heterocycles. The molecule has 3 aromatic rings. The van der Waals surface area contributed by atoms with Crippen molar-refractivity contribution in [3.05, 3.63) is 95.1 Å². The van der Waals surface area contributed by atoms with Gasteiger partial charge in [-0.3, -0.25) is 4.79 Å². The molecule has 0 spiro atoms. The van der Waals surface area contributed by atoms with Crippen molar-refractivity contribution in [2.24, 2.45) is 0 Å². The van der Waals surface area contributed by atoms with Crippen LogP contribution >= 0.6 is 0 Å². The molecular formula is C35H41BN2O3. The first kappa shape index (κ1) is 29.1. The number of hydrogen-bond donors (Lipinski definition) is 0. The number of aryl methyl sites for hydroxylation is 1.